The van der Waals surface area contributed by atoms with Crippen LogP contribution in [0.3, 0.4) is 0 Å². The summed E-state index contributed by atoms with van der Waals surface area (Å²) >= 11 is 7.24. The summed E-state index contributed by atoms with van der Waals surface area (Å²) in [6.07, 6.45) is 5.92. The molecule has 0 spiro atoms. The SMILES string of the molecule is CCSC(C)CC1CC(=O)C(=CCCNOC/C=C/Cl)C(=O)C1. The normalized spacial score (nSPS) is 20.3. The molecule has 0 heterocycles. The second-order valence-corrected chi connectivity index (χ2v) is 7.56. The van der Waals surface area contributed by atoms with Crippen LogP contribution in [0.15, 0.2) is 23.3 Å². The molecule has 1 atom stereocenters. The van der Waals surface area contributed by atoms with Crippen LogP contribution in [0.4, 0.5) is 0 Å². The lowest BCUT2D eigenvalue weighted by Gasteiger charge is -2.24. The first kappa shape index (κ1) is 20.4. The van der Waals surface area contributed by atoms with Crippen LogP contribution in [0.1, 0.15) is 39.5 Å². The number of allylic oxidation sites excluding steroid dienone is 1. The maximum atomic E-state index is 12.2. The topological polar surface area (TPSA) is 55.4 Å². The zero-order chi connectivity index (χ0) is 17.1. The van der Waals surface area contributed by atoms with Crippen LogP contribution < -0.4 is 5.48 Å². The maximum Gasteiger partial charge on any atom is 0.166 e. The van der Waals surface area contributed by atoms with Crippen LogP contribution in [0.2, 0.25) is 0 Å². The van der Waals surface area contributed by atoms with Gasteiger partial charge in [-0.25, -0.2) is 5.48 Å². The van der Waals surface area contributed by atoms with E-state index in [-0.39, 0.29) is 17.5 Å². The lowest BCUT2D eigenvalue weighted by molar-refractivity contribution is -0.125. The summed E-state index contributed by atoms with van der Waals surface area (Å²) in [5.74, 6) is 1.25. The van der Waals surface area contributed by atoms with Gasteiger partial charge in [0.05, 0.1) is 12.2 Å². The summed E-state index contributed by atoms with van der Waals surface area (Å²) in [6.45, 7) is 5.23. The average Bonchev–Trinajstić information content (AvgIpc) is 2.48. The van der Waals surface area contributed by atoms with Gasteiger partial charge in [-0.3, -0.25) is 14.4 Å². The number of hydroxylamine groups is 1. The Bertz CT molecular complexity index is 431. The Kier molecular flexibility index (Phi) is 10.5. The van der Waals surface area contributed by atoms with Gasteiger partial charge in [0.2, 0.25) is 0 Å². The van der Waals surface area contributed by atoms with Gasteiger partial charge in [-0.05, 0) is 30.6 Å². The second-order valence-electron chi connectivity index (χ2n) is 5.60. The minimum atomic E-state index is -0.00839. The first-order valence-corrected chi connectivity index (χ1v) is 9.55. The zero-order valence-corrected chi connectivity index (χ0v) is 15.4. The molecule has 1 rings (SSSR count). The third-order valence-corrected chi connectivity index (χ3v) is 4.90. The van der Waals surface area contributed by atoms with Crippen LogP contribution in [0.25, 0.3) is 0 Å². The van der Waals surface area contributed by atoms with Crippen molar-refractivity contribution in [2.75, 3.05) is 18.9 Å². The van der Waals surface area contributed by atoms with E-state index in [1.165, 1.54) is 5.54 Å². The van der Waals surface area contributed by atoms with Crippen LogP contribution >= 0.6 is 23.4 Å². The number of thioether (sulfide) groups is 1. The molecule has 0 radical (unpaired) electrons. The predicted molar refractivity (Wildman–Crippen MR) is 96.6 cm³/mol. The van der Waals surface area contributed by atoms with Crippen LogP contribution in [0.5, 0.6) is 0 Å². The molecular weight excluding hydrogens is 334 g/mol. The highest BCUT2D eigenvalue weighted by atomic mass is 35.5. The summed E-state index contributed by atoms with van der Waals surface area (Å²) in [5.41, 5.74) is 4.52. The first-order chi connectivity index (χ1) is 11.1. The molecule has 1 aliphatic rings. The minimum Gasteiger partial charge on any atom is -0.298 e. The summed E-state index contributed by atoms with van der Waals surface area (Å²) in [5, 5.41) is 0.500. The number of hydrogen-bond acceptors (Lipinski definition) is 5. The van der Waals surface area contributed by atoms with Crippen LogP contribution in [-0.2, 0) is 14.4 Å². The van der Waals surface area contributed by atoms with Crippen molar-refractivity contribution in [2.24, 2.45) is 5.92 Å². The highest BCUT2D eigenvalue weighted by molar-refractivity contribution is 7.99. The van der Waals surface area contributed by atoms with Gasteiger partial charge >= 0.3 is 0 Å². The van der Waals surface area contributed by atoms with Crippen molar-refractivity contribution in [1.82, 2.24) is 5.48 Å². The Morgan fingerprint density at radius 1 is 1.39 bits per heavy atom. The van der Waals surface area contributed by atoms with E-state index in [0.29, 0.717) is 43.2 Å². The fourth-order valence-corrected chi connectivity index (χ4v) is 3.73. The molecule has 0 aromatic carbocycles. The molecule has 6 heteroatoms. The fourth-order valence-electron chi connectivity index (χ4n) is 2.68. The monoisotopic (exact) mass is 359 g/mol. The Morgan fingerprint density at radius 2 is 2.09 bits per heavy atom. The standard InChI is InChI=1S/C17H26ClNO3S/c1-3-23-13(2)10-14-11-16(20)15(17(21)12-14)6-4-8-19-22-9-5-7-18/h5-7,13-14,19H,3-4,8-12H2,1-2H3/b7-5+,15-6?. The Balaban J connectivity index is 2.37. The van der Waals surface area contributed by atoms with Crippen molar-refractivity contribution in [2.45, 2.75) is 44.8 Å². The zero-order valence-electron chi connectivity index (χ0n) is 13.8. The highest BCUT2D eigenvalue weighted by Crippen LogP contribution is 2.29. The number of halogens is 1. The van der Waals surface area contributed by atoms with E-state index in [4.69, 9.17) is 16.4 Å². The fraction of sp³-hybridized carbons (Fsp3) is 0.647. The van der Waals surface area contributed by atoms with Gasteiger partial charge in [0.15, 0.2) is 11.6 Å². The average molecular weight is 360 g/mol. The van der Waals surface area contributed by atoms with Gasteiger partial charge in [-0.1, -0.05) is 31.5 Å². The number of nitrogens with one attached hydrogen (secondary N) is 1. The number of carbonyl (C=O) groups excluding carboxylic acids is 2. The smallest absolute Gasteiger partial charge is 0.166 e. The summed E-state index contributed by atoms with van der Waals surface area (Å²) < 4.78 is 0. The van der Waals surface area contributed by atoms with Crippen molar-refractivity contribution < 1.29 is 14.4 Å². The molecule has 1 fully saturated rings. The minimum absolute atomic E-state index is 0.00839. The number of hydrogen-bond donors (Lipinski definition) is 1. The molecule has 130 valence electrons. The van der Waals surface area contributed by atoms with Crippen molar-refractivity contribution in [3.8, 4) is 0 Å². The molecule has 0 saturated heterocycles. The number of rotatable bonds is 10. The van der Waals surface area contributed by atoms with Crippen LogP contribution in [0, 0.1) is 5.92 Å². The molecule has 23 heavy (non-hydrogen) atoms. The molecule has 1 unspecified atom stereocenters. The summed E-state index contributed by atoms with van der Waals surface area (Å²) in [4.78, 5) is 29.5. The number of carbonyl (C=O) groups is 2. The van der Waals surface area contributed by atoms with E-state index in [9.17, 15) is 9.59 Å². The van der Waals surface area contributed by atoms with Crippen LogP contribution in [-0.4, -0.2) is 35.7 Å². The molecule has 1 N–H and O–H groups in total. The third-order valence-electron chi connectivity index (χ3n) is 3.63. The van der Waals surface area contributed by atoms with Gasteiger partial charge in [0.1, 0.15) is 0 Å². The first-order valence-electron chi connectivity index (χ1n) is 8.06. The Morgan fingerprint density at radius 3 is 2.70 bits per heavy atom. The van der Waals surface area contributed by atoms with Crippen molar-refractivity contribution in [3.05, 3.63) is 23.3 Å². The van der Waals surface area contributed by atoms with E-state index in [1.54, 1.807) is 12.2 Å². The summed E-state index contributed by atoms with van der Waals surface area (Å²) in [7, 11) is 0. The molecule has 0 amide bonds. The largest absolute Gasteiger partial charge is 0.298 e. The van der Waals surface area contributed by atoms with Crippen molar-refractivity contribution in [1.29, 1.82) is 0 Å². The van der Waals surface area contributed by atoms with Gasteiger partial charge < -0.3 is 0 Å². The molecule has 0 aromatic heterocycles. The molecular formula is C17H26ClNO3S. The number of Topliss-reactive ketones (excluding diaryl/α,β-unsaturated/α-hetero) is 2. The second kappa shape index (κ2) is 11.8. The molecule has 0 aromatic rings. The lowest BCUT2D eigenvalue weighted by atomic mass is 9.81. The Hall–Kier alpha value is -0.620. The molecule has 0 bridgehead atoms. The quantitative estimate of drug-likeness (QED) is 0.279. The van der Waals surface area contributed by atoms with E-state index in [0.717, 1.165) is 12.2 Å². The molecule has 1 aliphatic carbocycles. The van der Waals surface area contributed by atoms with Gasteiger partial charge in [0.25, 0.3) is 0 Å². The van der Waals surface area contributed by atoms with E-state index < -0.39 is 0 Å². The Labute approximate surface area is 148 Å². The predicted octanol–water partition coefficient (Wildman–Crippen LogP) is 3.66. The van der Waals surface area contributed by atoms with Gasteiger partial charge in [0, 0.05) is 30.2 Å². The van der Waals surface area contributed by atoms with E-state index in [2.05, 4.69) is 19.3 Å². The number of ketones is 2. The molecule has 1 saturated carbocycles. The van der Waals surface area contributed by atoms with Gasteiger partial charge in [-0.15, -0.1) is 0 Å². The van der Waals surface area contributed by atoms with E-state index in [1.807, 2.05) is 11.8 Å². The molecule has 0 aliphatic heterocycles. The van der Waals surface area contributed by atoms with E-state index >= 15 is 0 Å². The maximum absolute atomic E-state index is 12.2. The van der Waals surface area contributed by atoms with Gasteiger partial charge in [-0.2, -0.15) is 11.8 Å². The summed E-state index contributed by atoms with van der Waals surface area (Å²) in [6, 6.07) is 0. The lowest BCUT2D eigenvalue weighted by Crippen LogP contribution is -2.27. The van der Waals surface area contributed by atoms with Crippen molar-refractivity contribution in [3.63, 3.8) is 0 Å². The molecule has 4 nitrogen and oxygen atoms in total. The highest BCUT2D eigenvalue weighted by Gasteiger charge is 2.30. The third kappa shape index (κ3) is 8.15. The van der Waals surface area contributed by atoms with Crippen molar-refractivity contribution >= 4 is 34.9 Å².